The molecule has 0 heterocycles. The Morgan fingerprint density at radius 3 is 2.39 bits per heavy atom. The predicted molar refractivity (Wildman–Crippen MR) is 92.4 cm³/mol. The van der Waals surface area contributed by atoms with E-state index in [1.54, 1.807) is 36.4 Å². The molecule has 0 N–H and O–H groups in total. The smallest absolute Gasteiger partial charge is 0.343 e. The maximum Gasteiger partial charge on any atom is 0.343 e. The zero-order chi connectivity index (χ0) is 16.8. The summed E-state index contributed by atoms with van der Waals surface area (Å²) in [5, 5.41) is 0. The third-order valence-electron chi connectivity index (χ3n) is 3.01. The van der Waals surface area contributed by atoms with Crippen LogP contribution in [0.3, 0.4) is 0 Å². The third kappa shape index (κ3) is 4.73. The number of carbonyl (C=O) groups is 1. The lowest BCUT2D eigenvalue weighted by Gasteiger charge is -2.12. The van der Waals surface area contributed by atoms with E-state index >= 15 is 0 Å². The van der Waals surface area contributed by atoms with E-state index in [1.807, 2.05) is 6.07 Å². The van der Waals surface area contributed by atoms with Gasteiger partial charge in [0.15, 0.2) is 11.5 Å². The number of carbonyl (C=O) groups excluding carboxylic acids is 1. The summed E-state index contributed by atoms with van der Waals surface area (Å²) in [6.07, 6.45) is 0. The molecule has 0 atom stereocenters. The molecule has 4 nitrogen and oxygen atoms in total. The van der Waals surface area contributed by atoms with Crippen molar-refractivity contribution >= 4 is 21.9 Å². The molecule has 0 aliphatic heterocycles. The SMILES string of the molecule is COc1ccccc1OC(=O)c1ccc(OCC(C)C)c(Br)c1. The van der Waals surface area contributed by atoms with Gasteiger partial charge < -0.3 is 14.2 Å². The molecule has 0 saturated heterocycles. The monoisotopic (exact) mass is 378 g/mol. The third-order valence-corrected chi connectivity index (χ3v) is 3.63. The first-order valence-electron chi connectivity index (χ1n) is 7.28. The van der Waals surface area contributed by atoms with Gasteiger partial charge in [-0.1, -0.05) is 26.0 Å². The Kier molecular flexibility index (Phi) is 6.04. The Morgan fingerprint density at radius 2 is 1.78 bits per heavy atom. The van der Waals surface area contributed by atoms with Crippen molar-refractivity contribution in [3.05, 3.63) is 52.5 Å². The molecule has 0 fully saturated rings. The normalized spacial score (nSPS) is 10.5. The Labute approximate surface area is 144 Å². The zero-order valence-corrected chi connectivity index (χ0v) is 14.9. The van der Waals surface area contributed by atoms with E-state index < -0.39 is 5.97 Å². The second-order valence-corrected chi connectivity index (χ2v) is 6.24. The molecule has 0 spiro atoms. The minimum absolute atomic E-state index is 0.385. The molecule has 2 aromatic rings. The van der Waals surface area contributed by atoms with Crippen LogP contribution in [0.25, 0.3) is 0 Å². The van der Waals surface area contributed by atoms with Crippen molar-refractivity contribution in [1.82, 2.24) is 0 Å². The standard InChI is InChI=1S/C18H19BrO4/c1-12(2)11-22-15-9-8-13(10-14(15)19)18(20)23-17-7-5-4-6-16(17)21-3/h4-10,12H,11H2,1-3H3. The number of rotatable bonds is 6. The van der Waals surface area contributed by atoms with Gasteiger partial charge in [-0.25, -0.2) is 4.79 Å². The van der Waals surface area contributed by atoms with Crippen LogP contribution < -0.4 is 14.2 Å². The van der Waals surface area contributed by atoms with Gasteiger partial charge in [0.1, 0.15) is 5.75 Å². The highest BCUT2D eigenvalue weighted by molar-refractivity contribution is 9.10. The number of para-hydroxylation sites is 2. The van der Waals surface area contributed by atoms with E-state index in [1.165, 1.54) is 7.11 Å². The fourth-order valence-corrected chi connectivity index (χ4v) is 2.36. The van der Waals surface area contributed by atoms with Crippen LogP contribution in [0, 0.1) is 5.92 Å². The lowest BCUT2D eigenvalue weighted by molar-refractivity contribution is 0.0729. The van der Waals surface area contributed by atoms with E-state index in [4.69, 9.17) is 14.2 Å². The Hall–Kier alpha value is -2.01. The van der Waals surface area contributed by atoms with Crippen molar-refractivity contribution in [2.24, 2.45) is 5.92 Å². The van der Waals surface area contributed by atoms with Crippen LogP contribution in [0.5, 0.6) is 17.2 Å². The first-order valence-corrected chi connectivity index (χ1v) is 8.08. The minimum atomic E-state index is -0.453. The van der Waals surface area contributed by atoms with Crippen molar-refractivity contribution in [2.45, 2.75) is 13.8 Å². The molecule has 0 aromatic heterocycles. The van der Waals surface area contributed by atoms with Gasteiger partial charge in [0.05, 0.1) is 23.8 Å². The van der Waals surface area contributed by atoms with Crippen molar-refractivity contribution < 1.29 is 19.0 Å². The quantitative estimate of drug-likeness (QED) is 0.539. The van der Waals surface area contributed by atoms with Crippen LogP contribution in [-0.2, 0) is 0 Å². The maximum atomic E-state index is 12.3. The van der Waals surface area contributed by atoms with Gasteiger partial charge in [0.2, 0.25) is 0 Å². The fraction of sp³-hybridized carbons (Fsp3) is 0.278. The van der Waals surface area contributed by atoms with E-state index in [0.29, 0.717) is 39.8 Å². The largest absolute Gasteiger partial charge is 0.493 e. The maximum absolute atomic E-state index is 12.3. The Morgan fingerprint density at radius 1 is 1.09 bits per heavy atom. The number of methoxy groups -OCH3 is 1. The average Bonchev–Trinajstić information content (AvgIpc) is 2.54. The molecule has 0 aliphatic rings. The minimum Gasteiger partial charge on any atom is -0.493 e. The van der Waals surface area contributed by atoms with Crippen LogP contribution in [0.4, 0.5) is 0 Å². The van der Waals surface area contributed by atoms with Gasteiger partial charge in [0.25, 0.3) is 0 Å². The first kappa shape index (κ1) is 17.3. The fourth-order valence-electron chi connectivity index (χ4n) is 1.86. The highest BCUT2D eigenvalue weighted by atomic mass is 79.9. The molecule has 2 rings (SSSR count). The van der Waals surface area contributed by atoms with Crippen molar-refractivity contribution in [2.75, 3.05) is 13.7 Å². The highest BCUT2D eigenvalue weighted by Gasteiger charge is 2.14. The summed E-state index contributed by atoms with van der Waals surface area (Å²) in [4.78, 5) is 12.3. The summed E-state index contributed by atoms with van der Waals surface area (Å²) in [5.74, 6) is 1.57. The van der Waals surface area contributed by atoms with Gasteiger partial charge >= 0.3 is 5.97 Å². The van der Waals surface area contributed by atoms with Crippen molar-refractivity contribution in [1.29, 1.82) is 0 Å². The summed E-state index contributed by atoms with van der Waals surface area (Å²) < 4.78 is 16.9. The lowest BCUT2D eigenvalue weighted by Crippen LogP contribution is -2.10. The predicted octanol–water partition coefficient (Wildman–Crippen LogP) is 4.71. The summed E-state index contributed by atoms with van der Waals surface area (Å²) in [6.45, 7) is 4.77. The molecular formula is C18H19BrO4. The van der Waals surface area contributed by atoms with E-state index in [9.17, 15) is 4.79 Å². The molecule has 0 unspecified atom stereocenters. The summed E-state index contributed by atoms with van der Waals surface area (Å²) >= 11 is 3.42. The number of halogens is 1. The molecule has 0 saturated carbocycles. The molecule has 0 bridgehead atoms. The molecular weight excluding hydrogens is 360 g/mol. The Bertz CT molecular complexity index is 682. The number of hydrogen-bond donors (Lipinski definition) is 0. The second kappa shape index (κ2) is 8.02. The van der Waals surface area contributed by atoms with Gasteiger partial charge in [-0.3, -0.25) is 0 Å². The number of hydrogen-bond acceptors (Lipinski definition) is 4. The van der Waals surface area contributed by atoms with Gasteiger partial charge in [0, 0.05) is 0 Å². The van der Waals surface area contributed by atoms with Crippen LogP contribution >= 0.6 is 15.9 Å². The van der Waals surface area contributed by atoms with E-state index in [-0.39, 0.29) is 0 Å². The van der Waals surface area contributed by atoms with Gasteiger partial charge in [-0.15, -0.1) is 0 Å². The van der Waals surface area contributed by atoms with Crippen LogP contribution in [-0.4, -0.2) is 19.7 Å². The number of ether oxygens (including phenoxy) is 3. The summed E-state index contributed by atoms with van der Waals surface area (Å²) in [6, 6.07) is 12.1. The highest BCUT2D eigenvalue weighted by Crippen LogP contribution is 2.29. The first-order chi connectivity index (χ1) is 11.0. The molecule has 122 valence electrons. The topological polar surface area (TPSA) is 44.8 Å². The lowest BCUT2D eigenvalue weighted by atomic mass is 10.2. The molecule has 5 heteroatoms. The molecule has 23 heavy (non-hydrogen) atoms. The van der Waals surface area contributed by atoms with Crippen LogP contribution in [0.2, 0.25) is 0 Å². The zero-order valence-electron chi connectivity index (χ0n) is 13.3. The average molecular weight is 379 g/mol. The molecule has 0 aliphatic carbocycles. The molecule has 2 aromatic carbocycles. The van der Waals surface area contributed by atoms with Crippen molar-refractivity contribution in [3.8, 4) is 17.2 Å². The second-order valence-electron chi connectivity index (χ2n) is 5.39. The molecule has 0 radical (unpaired) electrons. The van der Waals surface area contributed by atoms with Crippen molar-refractivity contribution in [3.63, 3.8) is 0 Å². The van der Waals surface area contributed by atoms with Gasteiger partial charge in [-0.2, -0.15) is 0 Å². The van der Waals surface area contributed by atoms with Crippen LogP contribution in [0.15, 0.2) is 46.9 Å². The number of esters is 1. The number of benzene rings is 2. The van der Waals surface area contributed by atoms with E-state index in [2.05, 4.69) is 29.8 Å². The van der Waals surface area contributed by atoms with Crippen LogP contribution in [0.1, 0.15) is 24.2 Å². The Balaban J connectivity index is 2.12. The summed E-state index contributed by atoms with van der Waals surface area (Å²) in [7, 11) is 1.53. The summed E-state index contributed by atoms with van der Waals surface area (Å²) in [5.41, 5.74) is 0.430. The molecule has 0 amide bonds. The van der Waals surface area contributed by atoms with Gasteiger partial charge in [-0.05, 0) is 52.2 Å². The van der Waals surface area contributed by atoms with E-state index in [0.717, 1.165) is 0 Å².